The van der Waals surface area contributed by atoms with Crippen molar-refractivity contribution in [1.29, 1.82) is 0 Å². The summed E-state index contributed by atoms with van der Waals surface area (Å²) >= 11 is 6.35. The number of carbonyl (C=O) groups is 1. The third-order valence-electron chi connectivity index (χ3n) is 4.88. The Kier molecular flexibility index (Phi) is 7.47. The molecule has 0 fully saturated rings. The van der Waals surface area contributed by atoms with Crippen LogP contribution in [-0.4, -0.2) is 28.0 Å². The van der Waals surface area contributed by atoms with Crippen molar-refractivity contribution in [2.45, 2.75) is 24.1 Å². The van der Waals surface area contributed by atoms with Gasteiger partial charge in [-0.2, -0.15) is 0 Å². The van der Waals surface area contributed by atoms with E-state index in [1.54, 1.807) is 18.3 Å². The second-order valence-corrected chi connectivity index (χ2v) is 10.9. The number of nitrogens with zero attached hydrogens (tertiary/aromatic N) is 2. The van der Waals surface area contributed by atoms with Crippen LogP contribution in [0.3, 0.4) is 0 Å². The number of thioether (sulfide) groups is 1. The lowest BCUT2D eigenvalue weighted by atomic mass is 10.0. The van der Waals surface area contributed by atoms with Gasteiger partial charge >= 0.3 is 0 Å². The van der Waals surface area contributed by atoms with Crippen molar-refractivity contribution >= 4 is 72.7 Å². The topological polar surface area (TPSA) is 74.6 Å². The van der Waals surface area contributed by atoms with Gasteiger partial charge in [0.1, 0.15) is 5.75 Å². The average molecular weight is 541 g/mol. The lowest BCUT2D eigenvalue weighted by molar-refractivity contribution is -0.113. The number of phenols is 1. The molecule has 0 radical (unpaired) electrons. The van der Waals surface area contributed by atoms with Crippen molar-refractivity contribution in [1.82, 2.24) is 4.98 Å². The molecule has 0 aliphatic carbocycles. The van der Waals surface area contributed by atoms with Gasteiger partial charge in [-0.25, -0.2) is 4.98 Å². The molecule has 1 amide bonds. The molecule has 1 heterocycles. The van der Waals surface area contributed by atoms with Gasteiger partial charge in [0, 0.05) is 21.9 Å². The number of hydrogen-bond donors (Lipinski definition) is 2. The summed E-state index contributed by atoms with van der Waals surface area (Å²) < 4.78 is 2.70. The molecule has 8 heteroatoms. The molecule has 0 bridgehead atoms. The first-order chi connectivity index (χ1) is 15.9. The molecule has 33 heavy (non-hydrogen) atoms. The van der Waals surface area contributed by atoms with Crippen molar-refractivity contribution in [2.24, 2.45) is 4.99 Å². The predicted octanol–water partition coefficient (Wildman–Crippen LogP) is 7.37. The summed E-state index contributed by atoms with van der Waals surface area (Å²) in [6, 6.07) is 18.9. The number of halogens is 1. The van der Waals surface area contributed by atoms with Gasteiger partial charge in [-0.1, -0.05) is 53.7 Å². The summed E-state index contributed by atoms with van der Waals surface area (Å²) in [5, 5.41) is 12.9. The Bertz CT molecular complexity index is 1320. The van der Waals surface area contributed by atoms with E-state index in [-0.39, 0.29) is 11.7 Å². The fourth-order valence-electron chi connectivity index (χ4n) is 3.08. The zero-order chi connectivity index (χ0) is 23.4. The maximum Gasteiger partial charge on any atom is 0.234 e. The molecule has 0 aliphatic heterocycles. The van der Waals surface area contributed by atoms with Gasteiger partial charge in [0.15, 0.2) is 4.34 Å². The fourth-order valence-corrected chi connectivity index (χ4v) is 5.36. The summed E-state index contributed by atoms with van der Waals surface area (Å²) in [6.45, 7) is 4.29. The highest BCUT2D eigenvalue weighted by atomic mass is 79.9. The molecule has 3 aromatic carbocycles. The molecule has 4 rings (SSSR count). The zero-order valence-electron chi connectivity index (χ0n) is 18.1. The standard InChI is InChI=1S/C25H22BrN3O2S2/c1-15(2)16-3-6-19(7-4-16)28-24(31)14-32-25-29-21-9-8-20(12-23(21)33-25)27-13-17-11-18(26)5-10-22(17)30/h3-13,15,30H,14H2,1-2H3,(H,28,31). The molecule has 1 aromatic heterocycles. The van der Waals surface area contributed by atoms with E-state index in [9.17, 15) is 9.90 Å². The number of amides is 1. The Morgan fingerprint density at radius 2 is 1.97 bits per heavy atom. The second-order valence-electron chi connectivity index (χ2n) is 7.71. The third kappa shape index (κ3) is 6.22. The van der Waals surface area contributed by atoms with Crippen molar-refractivity contribution < 1.29 is 9.90 Å². The number of benzene rings is 3. The quantitative estimate of drug-likeness (QED) is 0.190. The summed E-state index contributed by atoms with van der Waals surface area (Å²) in [7, 11) is 0. The SMILES string of the molecule is CC(C)c1ccc(NC(=O)CSc2nc3ccc(N=Cc4cc(Br)ccc4O)cc3s2)cc1. The molecule has 4 aromatic rings. The van der Waals surface area contributed by atoms with Crippen LogP contribution in [0.5, 0.6) is 5.75 Å². The van der Waals surface area contributed by atoms with Crippen LogP contribution in [0.15, 0.2) is 74.5 Å². The molecule has 0 saturated heterocycles. The van der Waals surface area contributed by atoms with Crippen LogP contribution < -0.4 is 5.32 Å². The number of fused-ring (bicyclic) bond motifs is 1. The van der Waals surface area contributed by atoms with E-state index in [1.165, 1.54) is 28.7 Å². The first-order valence-corrected chi connectivity index (χ1v) is 12.9. The Morgan fingerprint density at radius 3 is 2.73 bits per heavy atom. The largest absolute Gasteiger partial charge is 0.507 e. The van der Waals surface area contributed by atoms with E-state index in [0.29, 0.717) is 17.2 Å². The second kappa shape index (κ2) is 10.5. The number of aromatic nitrogens is 1. The highest BCUT2D eigenvalue weighted by Gasteiger charge is 2.09. The summed E-state index contributed by atoms with van der Waals surface area (Å²) in [5.74, 6) is 0.867. The minimum absolute atomic E-state index is 0.0596. The van der Waals surface area contributed by atoms with Crippen LogP contribution in [0.25, 0.3) is 10.2 Å². The van der Waals surface area contributed by atoms with Gasteiger partial charge in [-0.15, -0.1) is 11.3 Å². The van der Waals surface area contributed by atoms with Crippen molar-refractivity contribution in [3.05, 3.63) is 76.3 Å². The van der Waals surface area contributed by atoms with Gasteiger partial charge < -0.3 is 10.4 Å². The molecule has 0 atom stereocenters. The van der Waals surface area contributed by atoms with Crippen molar-refractivity contribution in [3.8, 4) is 5.75 Å². The first kappa shape index (κ1) is 23.5. The van der Waals surface area contributed by atoms with E-state index < -0.39 is 0 Å². The number of carbonyl (C=O) groups excluding carboxylic acids is 1. The van der Waals surface area contributed by atoms with Gasteiger partial charge in [0.2, 0.25) is 5.91 Å². The van der Waals surface area contributed by atoms with E-state index in [1.807, 2.05) is 48.5 Å². The van der Waals surface area contributed by atoms with Gasteiger partial charge in [-0.05, 0) is 60.0 Å². The zero-order valence-corrected chi connectivity index (χ0v) is 21.3. The van der Waals surface area contributed by atoms with E-state index in [2.05, 4.69) is 45.1 Å². The molecule has 5 nitrogen and oxygen atoms in total. The number of nitrogens with one attached hydrogen (secondary N) is 1. The van der Waals surface area contributed by atoms with E-state index in [4.69, 9.17) is 0 Å². The Balaban J connectivity index is 1.38. The number of aromatic hydroxyl groups is 1. The number of anilines is 1. The number of aliphatic imine (C=N–C) groups is 1. The summed E-state index contributed by atoms with van der Waals surface area (Å²) in [6.07, 6.45) is 1.63. The number of hydrogen-bond acceptors (Lipinski definition) is 6. The molecule has 0 spiro atoms. The molecule has 168 valence electrons. The van der Waals surface area contributed by atoms with Crippen LogP contribution in [0.4, 0.5) is 11.4 Å². The van der Waals surface area contributed by atoms with Crippen LogP contribution in [0, 0.1) is 0 Å². The van der Waals surface area contributed by atoms with Crippen LogP contribution in [-0.2, 0) is 4.79 Å². The van der Waals surface area contributed by atoms with Gasteiger partial charge in [0.05, 0.1) is 21.7 Å². The maximum atomic E-state index is 12.3. The van der Waals surface area contributed by atoms with Crippen LogP contribution in [0.1, 0.15) is 30.9 Å². The van der Waals surface area contributed by atoms with Crippen LogP contribution in [0.2, 0.25) is 0 Å². The van der Waals surface area contributed by atoms with E-state index in [0.717, 1.165) is 30.4 Å². The van der Waals surface area contributed by atoms with Gasteiger partial charge in [0.25, 0.3) is 0 Å². The minimum Gasteiger partial charge on any atom is -0.507 e. The van der Waals surface area contributed by atoms with Crippen molar-refractivity contribution in [3.63, 3.8) is 0 Å². The highest BCUT2D eigenvalue weighted by molar-refractivity contribution is 9.10. The Morgan fingerprint density at radius 1 is 1.18 bits per heavy atom. The average Bonchev–Trinajstić information content (AvgIpc) is 3.21. The lowest BCUT2D eigenvalue weighted by Gasteiger charge is -2.08. The predicted molar refractivity (Wildman–Crippen MR) is 143 cm³/mol. The lowest BCUT2D eigenvalue weighted by Crippen LogP contribution is -2.13. The molecular formula is C25H22BrN3O2S2. The number of thiazole rings is 1. The smallest absolute Gasteiger partial charge is 0.234 e. The van der Waals surface area contributed by atoms with E-state index >= 15 is 0 Å². The number of rotatable bonds is 7. The molecule has 2 N–H and O–H groups in total. The molecule has 0 aliphatic rings. The molecule has 0 saturated carbocycles. The normalized spacial score (nSPS) is 11.5. The highest BCUT2D eigenvalue weighted by Crippen LogP contribution is 2.32. The fraction of sp³-hybridized carbons (Fsp3) is 0.160. The van der Waals surface area contributed by atoms with Crippen molar-refractivity contribution in [2.75, 3.05) is 11.1 Å². The maximum absolute atomic E-state index is 12.3. The Hall–Kier alpha value is -2.68. The Labute approximate surface area is 209 Å². The van der Waals surface area contributed by atoms with Gasteiger partial charge in [-0.3, -0.25) is 9.79 Å². The molecular weight excluding hydrogens is 518 g/mol. The number of phenolic OH excluding ortho intramolecular Hbond substituents is 1. The molecule has 0 unspecified atom stereocenters. The summed E-state index contributed by atoms with van der Waals surface area (Å²) in [4.78, 5) is 21.4. The van der Waals surface area contributed by atoms with Crippen LogP contribution >= 0.6 is 39.0 Å². The minimum atomic E-state index is -0.0596. The summed E-state index contributed by atoms with van der Waals surface area (Å²) in [5.41, 5.74) is 4.32. The third-order valence-corrected chi connectivity index (χ3v) is 7.54. The monoisotopic (exact) mass is 539 g/mol. The first-order valence-electron chi connectivity index (χ1n) is 10.3.